The molecule has 16 nitrogen and oxygen atoms in total. The average molecular weight is 562 g/mol. The summed E-state index contributed by atoms with van der Waals surface area (Å²) in [5, 5.41) is 16.9. The van der Waals surface area contributed by atoms with E-state index in [-0.39, 0.29) is 50.0 Å². The van der Waals surface area contributed by atoms with E-state index in [1.54, 1.807) is 0 Å². The molecule has 0 aliphatic heterocycles. The molecule has 38 heavy (non-hydrogen) atoms. The second-order valence-corrected chi connectivity index (χ2v) is 8.86. The van der Waals surface area contributed by atoms with Crippen LogP contribution in [0.1, 0.15) is 44.9 Å². The highest BCUT2D eigenvalue weighted by Crippen LogP contribution is 2.05. The number of carboxylic acid groups (broad SMARTS) is 1. The SMILES string of the molecule is NCCCCC(NC(=O)C(CS)NC(=O)C(CCCN=C(N)N)NC(=O)C(N)CCCN=C(N)N)C(=O)O. The number of nitrogens with two attached hydrogens (primary N) is 6. The molecule has 0 aromatic carbocycles. The van der Waals surface area contributed by atoms with Gasteiger partial charge in [-0.15, -0.1) is 0 Å². The molecule has 0 fully saturated rings. The Kier molecular flexibility index (Phi) is 18.0. The zero-order valence-corrected chi connectivity index (χ0v) is 22.4. The van der Waals surface area contributed by atoms with E-state index in [4.69, 9.17) is 34.4 Å². The van der Waals surface area contributed by atoms with Crippen molar-refractivity contribution in [1.82, 2.24) is 16.0 Å². The highest BCUT2D eigenvalue weighted by Gasteiger charge is 2.29. The molecule has 0 rings (SSSR count). The molecule has 0 radical (unpaired) electrons. The Balaban J connectivity index is 5.30. The first-order chi connectivity index (χ1) is 17.9. The molecule has 0 bridgehead atoms. The van der Waals surface area contributed by atoms with E-state index in [2.05, 4.69) is 38.6 Å². The first-order valence-corrected chi connectivity index (χ1v) is 12.9. The van der Waals surface area contributed by atoms with Crippen LogP contribution >= 0.6 is 12.6 Å². The van der Waals surface area contributed by atoms with Crippen molar-refractivity contribution in [1.29, 1.82) is 0 Å². The summed E-state index contributed by atoms with van der Waals surface area (Å²) in [6.07, 6.45) is 2.43. The van der Waals surface area contributed by atoms with Gasteiger partial charge in [0.1, 0.15) is 18.1 Å². The molecule has 0 aliphatic carbocycles. The van der Waals surface area contributed by atoms with Crippen molar-refractivity contribution < 1.29 is 24.3 Å². The molecule has 0 saturated carbocycles. The molecule has 0 saturated heterocycles. The van der Waals surface area contributed by atoms with E-state index in [0.29, 0.717) is 32.2 Å². The molecule has 4 atom stereocenters. The number of unbranched alkanes of at least 4 members (excludes halogenated alkanes) is 1. The zero-order valence-electron chi connectivity index (χ0n) is 21.5. The molecule has 0 aromatic heterocycles. The number of carbonyl (C=O) groups is 4. The molecule has 0 heterocycles. The minimum atomic E-state index is -1.21. The van der Waals surface area contributed by atoms with E-state index in [1.807, 2.05) is 0 Å². The van der Waals surface area contributed by atoms with Crippen LogP contribution in [0.5, 0.6) is 0 Å². The third-order valence-electron chi connectivity index (χ3n) is 5.26. The highest BCUT2D eigenvalue weighted by atomic mass is 32.1. The Hall–Kier alpha value is -3.31. The summed E-state index contributed by atoms with van der Waals surface area (Å²) in [5.41, 5.74) is 32.5. The third-order valence-corrected chi connectivity index (χ3v) is 5.62. The Labute approximate surface area is 227 Å². The number of hydrogen-bond acceptors (Lipinski definition) is 9. The van der Waals surface area contributed by atoms with Crippen molar-refractivity contribution in [3.63, 3.8) is 0 Å². The number of aliphatic carboxylic acids is 1. The lowest BCUT2D eigenvalue weighted by Crippen LogP contribution is -2.57. The maximum Gasteiger partial charge on any atom is 0.326 e. The Morgan fingerprint density at radius 3 is 1.68 bits per heavy atom. The van der Waals surface area contributed by atoms with Gasteiger partial charge in [-0.1, -0.05) is 0 Å². The monoisotopic (exact) mass is 561 g/mol. The van der Waals surface area contributed by atoms with E-state index in [0.717, 1.165) is 0 Å². The molecule has 16 N–H and O–H groups in total. The number of rotatable bonds is 20. The maximum atomic E-state index is 13.0. The fourth-order valence-electron chi connectivity index (χ4n) is 3.19. The van der Waals surface area contributed by atoms with Crippen LogP contribution in [0.4, 0.5) is 0 Å². The van der Waals surface area contributed by atoms with Crippen LogP contribution in [0.15, 0.2) is 9.98 Å². The first kappa shape index (κ1) is 34.7. The van der Waals surface area contributed by atoms with E-state index >= 15 is 0 Å². The number of nitrogens with zero attached hydrogens (tertiary/aromatic N) is 2. The third kappa shape index (κ3) is 15.7. The fourth-order valence-corrected chi connectivity index (χ4v) is 3.45. The highest BCUT2D eigenvalue weighted by molar-refractivity contribution is 7.80. The topological polar surface area (TPSA) is 305 Å². The number of carbonyl (C=O) groups excluding carboxylic acids is 3. The van der Waals surface area contributed by atoms with Crippen molar-refractivity contribution in [2.24, 2.45) is 44.4 Å². The molecule has 17 heteroatoms. The van der Waals surface area contributed by atoms with Gasteiger partial charge >= 0.3 is 5.97 Å². The van der Waals surface area contributed by atoms with Crippen molar-refractivity contribution in [3.05, 3.63) is 0 Å². The van der Waals surface area contributed by atoms with Gasteiger partial charge in [0.15, 0.2) is 11.9 Å². The van der Waals surface area contributed by atoms with Gasteiger partial charge in [0.05, 0.1) is 6.04 Å². The zero-order chi connectivity index (χ0) is 29.1. The lowest BCUT2D eigenvalue weighted by Gasteiger charge is -2.24. The minimum absolute atomic E-state index is 0.0754. The van der Waals surface area contributed by atoms with E-state index < -0.39 is 47.9 Å². The summed E-state index contributed by atoms with van der Waals surface area (Å²) in [5.74, 6) is -3.52. The van der Waals surface area contributed by atoms with Crippen LogP contribution in [0.3, 0.4) is 0 Å². The predicted octanol–water partition coefficient (Wildman–Crippen LogP) is -3.98. The van der Waals surface area contributed by atoms with Crippen LogP contribution in [-0.4, -0.2) is 90.3 Å². The number of amides is 3. The summed E-state index contributed by atoms with van der Waals surface area (Å²) in [7, 11) is 0. The van der Waals surface area contributed by atoms with Crippen molar-refractivity contribution >= 4 is 48.2 Å². The van der Waals surface area contributed by atoms with Gasteiger partial charge in [0.2, 0.25) is 17.7 Å². The lowest BCUT2D eigenvalue weighted by molar-refractivity contribution is -0.142. The molecule has 3 amide bonds. The van der Waals surface area contributed by atoms with Crippen LogP contribution < -0.4 is 50.4 Å². The summed E-state index contributed by atoms with van der Waals surface area (Å²) in [4.78, 5) is 57.5. The van der Waals surface area contributed by atoms with E-state index in [9.17, 15) is 24.3 Å². The van der Waals surface area contributed by atoms with Crippen molar-refractivity contribution in [2.75, 3.05) is 25.4 Å². The molecular weight excluding hydrogens is 518 g/mol. The number of carboxylic acids is 1. The van der Waals surface area contributed by atoms with Gasteiger partial charge < -0.3 is 55.5 Å². The summed E-state index contributed by atoms with van der Waals surface area (Å²) in [6, 6.07) is -4.32. The number of hydrogen-bond donors (Lipinski definition) is 11. The van der Waals surface area contributed by atoms with Crippen LogP contribution in [0.25, 0.3) is 0 Å². The number of aliphatic imine (C=N–C) groups is 2. The largest absolute Gasteiger partial charge is 0.480 e. The van der Waals surface area contributed by atoms with Gasteiger partial charge in [-0.05, 0) is 51.5 Å². The molecule has 0 aromatic rings. The smallest absolute Gasteiger partial charge is 0.326 e. The van der Waals surface area contributed by atoms with Gasteiger partial charge in [0, 0.05) is 18.8 Å². The van der Waals surface area contributed by atoms with Crippen LogP contribution in [0, 0.1) is 0 Å². The van der Waals surface area contributed by atoms with Gasteiger partial charge in [-0.2, -0.15) is 12.6 Å². The van der Waals surface area contributed by atoms with Crippen LogP contribution in [0.2, 0.25) is 0 Å². The van der Waals surface area contributed by atoms with Gasteiger partial charge in [0.25, 0.3) is 0 Å². The maximum absolute atomic E-state index is 13.0. The predicted molar refractivity (Wildman–Crippen MR) is 148 cm³/mol. The molecular formula is C21H43N11O5S. The number of thiol groups is 1. The Morgan fingerprint density at radius 2 is 1.18 bits per heavy atom. The Bertz CT molecular complexity index is 819. The number of guanidine groups is 2. The average Bonchev–Trinajstić information content (AvgIpc) is 2.85. The molecule has 4 unspecified atom stereocenters. The Morgan fingerprint density at radius 1 is 0.711 bits per heavy atom. The van der Waals surface area contributed by atoms with E-state index in [1.165, 1.54) is 0 Å². The summed E-state index contributed by atoms with van der Waals surface area (Å²) < 4.78 is 0. The first-order valence-electron chi connectivity index (χ1n) is 12.2. The second kappa shape index (κ2) is 19.8. The van der Waals surface area contributed by atoms with Gasteiger partial charge in [-0.3, -0.25) is 24.4 Å². The quantitative estimate of drug-likeness (QED) is 0.0294. The molecule has 0 aliphatic rings. The number of nitrogens with one attached hydrogen (secondary N) is 3. The van der Waals surface area contributed by atoms with Gasteiger partial charge in [-0.25, -0.2) is 4.79 Å². The van der Waals surface area contributed by atoms with Crippen LogP contribution in [-0.2, 0) is 19.2 Å². The van der Waals surface area contributed by atoms with Crippen molar-refractivity contribution in [2.45, 2.75) is 69.1 Å². The standard InChI is InChI=1S/C21H43N11O5S/c22-8-2-1-6-14(19(36)37)31-18(35)15(11-38)32-17(34)13(7-4-10-29-21(26)27)30-16(33)12(23)5-3-9-28-20(24)25/h12-15,38H,1-11,22-23H2,(H,30,33)(H,31,35)(H,32,34)(H,36,37)(H4,24,25,28)(H4,26,27,29). The molecule has 218 valence electrons. The normalized spacial score (nSPS) is 13.8. The van der Waals surface area contributed by atoms with Crippen molar-refractivity contribution in [3.8, 4) is 0 Å². The summed E-state index contributed by atoms with van der Waals surface area (Å²) >= 11 is 4.11. The second-order valence-electron chi connectivity index (χ2n) is 8.49. The minimum Gasteiger partial charge on any atom is -0.480 e. The molecule has 0 spiro atoms. The lowest BCUT2D eigenvalue weighted by atomic mass is 10.1. The summed E-state index contributed by atoms with van der Waals surface area (Å²) in [6.45, 7) is 0.881. The fraction of sp³-hybridized carbons (Fsp3) is 0.714.